The molecule has 0 bridgehead atoms. The van der Waals surface area contributed by atoms with E-state index in [9.17, 15) is 9.59 Å². The van der Waals surface area contributed by atoms with Gasteiger partial charge in [-0.25, -0.2) is 4.98 Å². The van der Waals surface area contributed by atoms with Gasteiger partial charge in [-0.15, -0.1) is 0 Å². The monoisotopic (exact) mass is 399 g/mol. The number of carbonyl (C=O) groups excluding carboxylic acids is 2. The van der Waals surface area contributed by atoms with E-state index in [2.05, 4.69) is 9.88 Å². The Labute approximate surface area is 173 Å². The van der Waals surface area contributed by atoms with Crippen LogP contribution in [0.2, 0.25) is 0 Å². The Hall–Kier alpha value is -1.85. The van der Waals surface area contributed by atoms with E-state index in [4.69, 9.17) is 4.42 Å². The van der Waals surface area contributed by atoms with Crippen LogP contribution in [0.15, 0.2) is 10.8 Å². The minimum Gasteiger partial charge on any atom is -0.438 e. The fourth-order valence-corrected chi connectivity index (χ4v) is 5.50. The fraction of sp³-hybridized carbons (Fsp3) is 0.783. The van der Waals surface area contributed by atoms with Gasteiger partial charge >= 0.3 is 0 Å². The van der Waals surface area contributed by atoms with Crippen LogP contribution in [0.5, 0.6) is 0 Å². The summed E-state index contributed by atoms with van der Waals surface area (Å²) in [6.07, 6.45) is 13.7. The van der Waals surface area contributed by atoms with Crippen molar-refractivity contribution in [2.24, 2.45) is 11.8 Å². The molecule has 2 amide bonds. The predicted octanol–water partition coefficient (Wildman–Crippen LogP) is 3.98. The second kappa shape index (κ2) is 8.11. The Balaban J connectivity index is 1.21. The summed E-state index contributed by atoms with van der Waals surface area (Å²) in [5.74, 6) is 2.37. The molecule has 2 saturated heterocycles. The number of hydrogen-bond donors (Lipinski definition) is 0. The number of carbonyl (C=O) groups is 2. The highest BCUT2D eigenvalue weighted by molar-refractivity contribution is 5.93. The van der Waals surface area contributed by atoms with Crippen LogP contribution in [0, 0.1) is 11.8 Å². The maximum atomic E-state index is 13.0. The number of piperidine rings is 1. The van der Waals surface area contributed by atoms with Gasteiger partial charge in [0.25, 0.3) is 5.91 Å². The van der Waals surface area contributed by atoms with Crippen LogP contribution in [-0.4, -0.2) is 52.3 Å². The quantitative estimate of drug-likeness (QED) is 0.726. The Morgan fingerprint density at radius 3 is 2.66 bits per heavy atom. The molecule has 2 saturated carbocycles. The molecule has 1 aromatic rings. The number of amides is 2. The standard InChI is InChI=1S/C23H33N3O3/c27-20(10-7-16-4-3-5-16)26-12-2-1-6-19(26)18-11-13-25(14-18)23(28)22-21(17-8-9-17)24-15-29-22/h15-19H,1-14H2. The highest BCUT2D eigenvalue weighted by Gasteiger charge is 2.40. The molecule has 4 fully saturated rings. The van der Waals surface area contributed by atoms with Gasteiger partial charge in [0.05, 0.1) is 5.69 Å². The summed E-state index contributed by atoms with van der Waals surface area (Å²) >= 11 is 0. The van der Waals surface area contributed by atoms with Crippen molar-refractivity contribution in [1.82, 2.24) is 14.8 Å². The van der Waals surface area contributed by atoms with Gasteiger partial charge in [-0.1, -0.05) is 19.3 Å². The van der Waals surface area contributed by atoms with Gasteiger partial charge in [0.2, 0.25) is 11.7 Å². The van der Waals surface area contributed by atoms with Gasteiger partial charge in [0.1, 0.15) is 0 Å². The molecule has 1 aromatic heterocycles. The lowest BCUT2D eigenvalue weighted by Crippen LogP contribution is -2.48. The molecule has 2 aliphatic carbocycles. The van der Waals surface area contributed by atoms with Crippen LogP contribution in [0.4, 0.5) is 0 Å². The molecule has 0 radical (unpaired) electrons. The Morgan fingerprint density at radius 2 is 1.90 bits per heavy atom. The first-order chi connectivity index (χ1) is 14.2. The molecule has 0 spiro atoms. The molecule has 158 valence electrons. The van der Waals surface area contributed by atoms with E-state index in [-0.39, 0.29) is 5.91 Å². The number of aromatic nitrogens is 1. The van der Waals surface area contributed by atoms with E-state index < -0.39 is 0 Å². The van der Waals surface area contributed by atoms with Gasteiger partial charge < -0.3 is 14.2 Å². The van der Waals surface area contributed by atoms with E-state index in [1.807, 2.05) is 4.90 Å². The van der Waals surface area contributed by atoms with Crippen LogP contribution >= 0.6 is 0 Å². The molecule has 0 aromatic carbocycles. The maximum absolute atomic E-state index is 13.0. The van der Waals surface area contributed by atoms with Gasteiger partial charge in [0, 0.05) is 38.0 Å². The van der Waals surface area contributed by atoms with Crippen molar-refractivity contribution < 1.29 is 14.0 Å². The molecule has 2 unspecified atom stereocenters. The highest BCUT2D eigenvalue weighted by Crippen LogP contribution is 2.41. The Bertz CT molecular complexity index is 752. The average molecular weight is 400 g/mol. The number of hydrogen-bond acceptors (Lipinski definition) is 4. The van der Waals surface area contributed by atoms with E-state index in [0.717, 1.165) is 69.8 Å². The van der Waals surface area contributed by atoms with Crippen molar-refractivity contribution in [1.29, 1.82) is 0 Å². The molecule has 2 atom stereocenters. The van der Waals surface area contributed by atoms with Crippen molar-refractivity contribution in [3.63, 3.8) is 0 Å². The molecular weight excluding hydrogens is 366 g/mol. The third-order valence-electron chi connectivity index (χ3n) is 7.67. The van der Waals surface area contributed by atoms with Crippen LogP contribution in [0.25, 0.3) is 0 Å². The van der Waals surface area contributed by atoms with Gasteiger partial charge in [-0.05, 0) is 56.8 Å². The molecule has 6 nitrogen and oxygen atoms in total. The van der Waals surface area contributed by atoms with E-state index in [1.165, 1.54) is 32.1 Å². The predicted molar refractivity (Wildman–Crippen MR) is 108 cm³/mol. The lowest BCUT2D eigenvalue weighted by Gasteiger charge is -2.40. The summed E-state index contributed by atoms with van der Waals surface area (Å²) in [5, 5.41) is 0. The second-order valence-electron chi connectivity index (χ2n) is 9.63. The molecule has 6 heteroatoms. The maximum Gasteiger partial charge on any atom is 0.291 e. The van der Waals surface area contributed by atoms with Crippen LogP contribution in [0.3, 0.4) is 0 Å². The normalized spacial score (nSPS) is 27.9. The first-order valence-electron chi connectivity index (χ1n) is 11.7. The average Bonchev–Trinajstić information content (AvgIpc) is 3.23. The van der Waals surface area contributed by atoms with Crippen molar-refractivity contribution >= 4 is 11.8 Å². The molecule has 3 heterocycles. The smallest absolute Gasteiger partial charge is 0.291 e. The molecule has 29 heavy (non-hydrogen) atoms. The molecular formula is C23H33N3O3. The highest BCUT2D eigenvalue weighted by atomic mass is 16.3. The van der Waals surface area contributed by atoms with E-state index in [0.29, 0.717) is 36.0 Å². The first-order valence-corrected chi connectivity index (χ1v) is 11.7. The van der Waals surface area contributed by atoms with Gasteiger partial charge in [-0.3, -0.25) is 9.59 Å². The van der Waals surface area contributed by atoms with Crippen LogP contribution in [-0.2, 0) is 4.79 Å². The number of likely N-dealkylation sites (tertiary alicyclic amines) is 2. The zero-order valence-corrected chi connectivity index (χ0v) is 17.4. The number of nitrogens with zero attached hydrogens (tertiary/aromatic N) is 3. The number of rotatable bonds is 6. The third kappa shape index (κ3) is 3.95. The minimum atomic E-state index is -0.00873. The minimum absolute atomic E-state index is 0.00873. The van der Waals surface area contributed by atoms with Crippen molar-refractivity contribution in [2.75, 3.05) is 19.6 Å². The SMILES string of the molecule is O=C(c1ocnc1C1CC1)N1CCC(C2CCCCN2C(=O)CCC2CCC2)C1. The zero-order valence-electron chi connectivity index (χ0n) is 17.4. The second-order valence-corrected chi connectivity index (χ2v) is 9.63. The van der Waals surface area contributed by atoms with Crippen molar-refractivity contribution in [3.05, 3.63) is 17.8 Å². The molecule has 5 rings (SSSR count). The van der Waals surface area contributed by atoms with Crippen molar-refractivity contribution in [3.8, 4) is 0 Å². The van der Waals surface area contributed by atoms with Crippen molar-refractivity contribution in [2.45, 2.75) is 82.6 Å². The molecule has 4 aliphatic rings. The molecule has 2 aliphatic heterocycles. The molecule has 0 N–H and O–H groups in total. The zero-order chi connectivity index (χ0) is 19.8. The fourth-order valence-electron chi connectivity index (χ4n) is 5.50. The van der Waals surface area contributed by atoms with E-state index >= 15 is 0 Å². The van der Waals surface area contributed by atoms with E-state index in [1.54, 1.807) is 0 Å². The summed E-state index contributed by atoms with van der Waals surface area (Å²) in [6.45, 7) is 2.39. The lowest BCUT2D eigenvalue weighted by molar-refractivity contribution is -0.136. The van der Waals surface area contributed by atoms with Gasteiger partial charge in [-0.2, -0.15) is 0 Å². The summed E-state index contributed by atoms with van der Waals surface area (Å²) in [6, 6.07) is 0.299. The summed E-state index contributed by atoms with van der Waals surface area (Å²) in [4.78, 5) is 34.4. The first kappa shape index (κ1) is 19.1. The summed E-state index contributed by atoms with van der Waals surface area (Å²) in [5.41, 5.74) is 0.851. The third-order valence-corrected chi connectivity index (χ3v) is 7.67. The van der Waals surface area contributed by atoms with Crippen LogP contribution < -0.4 is 0 Å². The van der Waals surface area contributed by atoms with Gasteiger partial charge in [0.15, 0.2) is 6.39 Å². The topological polar surface area (TPSA) is 66.7 Å². The summed E-state index contributed by atoms with van der Waals surface area (Å²) in [7, 11) is 0. The largest absolute Gasteiger partial charge is 0.438 e. The Kier molecular flexibility index (Phi) is 5.35. The lowest BCUT2D eigenvalue weighted by atomic mass is 9.82. The van der Waals surface area contributed by atoms with Crippen LogP contribution in [0.1, 0.15) is 92.8 Å². The number of oxazole rings is 1. The summed E-state index contributed by atoms with van der Waals surface area (Å²) < 4.78 is 5.48. The Morgan fingerprint density at radius 1 is 1.03 bits per heavy atom.